The Bertz CT molecular complexity index is 702. The molecule has 1 aliphatic rings. The number of aryl methyl sites for hydroxylation is 1. The van der Waals surface area contributed by atoms with Crippen molar-refractivity contribution in [1.82, 2.24) is 10.2 Å². The van der Waals surface area contributed by atoms with Crippen molar-refractivity contribution in [3.05, 3.63) is 29.3 Å². The lowest BCUT2D eigenvalue weighted by Gasteiger charge is -2.34. The average molecular weight is 361 g/mol. The van der Waals surface area contributed by atoms with E-state index in [2.05, 4.69) is 10.6 Å². The van der Waals surface area contributed by atoms with Gasteiger partial charge in [0.1, 0.15) is 0 Å². The number of carboxylic acids is 1. The van der Waals surface area contributed by atoms with Crippen molar-refractivity contribution in [2.45, 2.75) is 40.2 Å². The topological polar surface area (TPSA) is 98.7 Å². The van der Waals surface area contributed by atoms with Gasteiger partial charge in [-0.1, -0.05) is 6.92 Å². The molecule has 0 bridgehead atoms. The molecule has 7 nitrogen and oxygen atoms in total. The molecule has 1 fully saturated rings. The molecular formula is C19H27N3O4. The van der Waals surface area contributed by atoms with Gasteiger partial charge in [0.25, 0.3) is 5.91 Å². The molecular weight excluding hydrogens is 334 g/mol. The number of carboxylic acid groups (broad SMARTS) is 1. The third kappa shape index (κ3) is 4.97. The third-order valence-corrected chi connectivity index (χ3v) is 4.44. The number of hydrogen-bond donors (Lipinski definition) is 3. The molecule has 3 amide bonds. The van der Waals surface area contributed by atoms with E-state index in [0.717, 1.165) is 5.56 Å². The van der Waals surface area contributed by atoms with Crippen LogP contribution in [0.5, 0.6) is 0 Å². The van der Waals surface area contributed by atoms with Crippen molar-refractivity contribution in [2.24, 2.45) is 11.8 Å². The monoisotopic (exact) mass is 361 g/mol. The molecule has 0 radical (unpaired) electrons. The molecule has 2 atom stereocenters. The van der Waals surface area contributed by atoms with Gasteiger partial charge < -0.3 is 20.6 Å². The first-order valence-electron chi connectivity index (χ1n) is 8.87. The highest BCUT2D eigenvalue weighted by Crippen LogP contribution is 2.23. The van der Waals surface area contributed by atoms with Crippen molar-refractivity contribution in [3.63, 3.8) is 0 Å². The first kappa shape index (κ1) is 19.8. The van der Waals surface area contributed by atoms with Gasteiger partial charge >= 0.3 is 12.0 Å². The first-order chi connectivity index (χ1) is 12.2. The molecule has 2 unspecified atom stereocenters. The van der Waals surface area contributed by atoms with Gasteiger partial charge in [-0.2, -0.15) is 0 Å². The number of carbonyl (C=O) groups is 3. The highest BCUT2D eigenvalue weighted by atomic mass is 16.4. The van der Waals surface area contributed by atoms with Crippen molar-refractivity contribution in [1.29, 1.82) is 0 Å². The van der Waals surface area contributed by atoms with Crippen LogP contribution in [0.4, 0.5) is 10.5 Å². The van der Waals surface area contributed by atoms with Crippen LogP contribution >= 0.6 is 0 Å². The molecule has 7 heteroatoms. The summed E-state index contributed by atoms with van der Waals surface area (Å²) in [6, 6.07) is 4.84. The molecule has 0 saturated carbocycles. The molecule has 2 rings (SSSR count). The maximum atomic E-state index is 12.5. The average Bonchev–Trinajstić information content (AvgIpc) is 2.53. The number of rotatable bonds is 4. The highest BCUT2D eigenvalue weighted by Gasteiger charge is 2.31. The second kappa shape index (κ2) is 8.21. The summed E-state index contributed by atoms with van der Waals surface area (Å²) < 4.78 is 0. The fourth-order valence-corrected chi connectivity index (χ4v) is 3.23. The van der Waals surface area contributed by atoms with Gasteiger partial charge in [0.2, 0.25) is 0 Å². The predicted octanol–water partition coefficient (Wildman–Crippen LogP) is 2.71. The molecule has 1 saturated heterocycles. The Hall–Kier alpha value is -2.57. The molecule has 1 aliphatic heterocycles. The molecule has 1 aromatic rings. The van der Waals surface area contributed by atoms with Gasteiger partial charge in [-0.05, 0) is 56.9 Å². The summed E-state index contributed by atoms with van der Waals surface area (Å²) in [7, 11) is 0. The number of benzene rings is 1. The Morgan fingerprint density at radius 3 is 2.50 bits per heavy atom. The zero-order valence-corrected chi connectivity index (χ0v) is 15.7. The zero-order chi connectivity index (χ0) is 19.4. The fraction of sp³-hybridized carbons (Fsp3) is 0.526. The maximum absolute atomic E-state index is 12.5. The van der Waals surface area contributed by atoms with Crippen LogP contribution in [0, 0.1) is 18.8 Å². The van der Waals surface area contributed by atoms with E-state index in [4.69, 9.17) is 0 Å². The molecule has 26 heavy (non-hydrogen) atoms. The van der Waals surface area contributed by atoms with Gasteiger partial charge in [-0.3, -0.25) is 9.59 Å². The van der Waals surface area contributed by atoms with E-state index < -0.39 is 11.9 Å². The van der Waals surface area contributed by atoms with Crippen LogP contribution in [-0.4, -0.2) is 47.0 Å². The standard InChI is InChI=1S/C19H27N3O4/c1-11(2)20-17(23)16-6-5-15(8-13(16)4)21-19(26)22-9-12(3)7-14(10-22)18(24)25/h5-6,8,11-12,14H,7,9-10H2,1-4H3,(H,20,23)(H,21,26)(H,24,25). The Morgan fingerprint density at radius 1 is 1.23 bits per heavy atom. The number of nitrogens with zero attached hydrogens (tertiary/aromatic N) is 1. The van der Waals surface area contributed by atoms with Crippen LogP contribution in [-0.2, 0) is 4.79 Å². The lowest BCUT2D eigenvalue weighted by Crippen LogP contribution is -2.47. The molecule has 0 spiro atoms. The number of nitrogens with one attached hydrogen (secondary N) is 2. The SMILES string of the molecule is Cc1cc(NC(=O)N2CC(C)CC(C(=O)O)C2)ccc1C(=O)NC(C)C. The Labute approximate surface area is 153 Å². The molecule has 3 N–H and O–H groups in total. The van der Waals surface area contributed by atoms with E-state index in [9.17, 15) is 19.5 Å². The Balaban J connectivity index is 2.06. The quantitative estimate of drug-likeness (QED) is 0.768. The number of aliphatic carboxylic acids is 1. The van der Waals surface area contributed by atoms with Gasteiger partial charge in [0.15, 0.2) is 0 Å². The van der Waals surface area contributed by atoms with E-state index in [-0.39, 0.29) is 30.4 Å². The summed E-state index contributed by atoms with van der Waals surface area (Å²) in [4.78, 5) is 37.4. The van der Waals surface area contributed by atoms with Crippen LogP contribution in [0.2, 0.25) is 0 Å². The van der Waals surface area contributed by atoms with Gasteiger partial charge in [0, 0.05) is 30.4 Å². The number of urea groups is 1. The van der Waals surface area contributed by atoms with Crippen LogP contribution < -0.4 is 10.6 Å². The minimum Gasteiger partial charge on any atom is -0.481 e. The summed E-state index contributed by atoms with van der Waals surface area (Å²) >= 11 is 0. The van der Waals surface area contributed by atoms with Gasteiger partial charge in [0.05, 0.1) is 5.92 Å². The number of likely N-dealkylation sites (tertiary alicyclic amines) is 1. The van der Waals surface area contributed by atoms with Gasteiger partial charge in [-0.15, -0.1) is 0 Å². The first-order valence-corrected chi connectivity index (χ1v) is 8.87. The lowest BCUT2D eigenvalue weighted by molar-refractivity contribution is -0.143. The van der Waals surface area contributed by atoms with Crippen LogP contribution in [0.3, 0.4) is 0 Å². The molecule has 1 aromatic carbocycles. The Kier molecular flexibility index (Phi) is 6.23. The van der Waals surface area contributed by atoms with Gasteiger partial charge in [-0.25, -0.2) is 4.79 Å². The van der Waals surface area contributed by atoms with E-state index in [1.807, 2.05) is 27.7 Å². The number of carbonyl (C=O) groups excluding carboxylic acids is 2. The van der Waals surface area contributed by atoms with E-state index >= 15 is 0 Å². The minimum absolute atomic E-state index is 0.0459. The molecule has 0 aromatic heterocycles. The van der Waals surface area contributed by atoms with Crippen LogP contribution in [0.1, 0.15) is 43.1 Å². The molecule has 1 heterocycles. The summed E-state index contributed by atoms with van der Waals surface area (Å²) in [5.41, 5.74) is 1.91. The number of hydrogen-bond acceptors (Lipinski definition) is 3. The van der Waals surface area contributed by atoms with E-state index in [1.54, 1.807) is 23.1 Å². The molecule has 0 aliphatic carbocycles. The van der Waals surface area contributed by atoms with Crippen molar-refractivity contribution in [2.75, 3.05) is 18.4 Å². The largest absolute Gasteiger partial charge is 0.481 e. The highest BCUT2D eigenvalue weighted by molar-refractivity contribution is 5.97. The molecule has 142 valence electrons. The zero-order valence-electron chi connectivity index (χ0n) is 15.7. The number of anilines is 1. The second-order valence-corrected chi connectivity index (χ2v) is 7.37. The van der Waals surface area contributed by atoms with Crippen molar-refractivity contribution < 1.29 is 19.5 Å². The number of piperidine rings is 1. The smallest absolute Gasteiger partial charge is 0.321 e. The van der Waals surface area contributed by atoms with Crippen molar-refractivity contribution >= 4 is 23.6 Å². The predicted molar refractivity (Wildman–Crippen MR) is 99.3 cm³/mol. The van der Waals surface area contributed by atoms with E-state index in [1.165, 1.54) is 0 Å². The summed E-state index contributed by atoms with van der Waals surface area (Å²) in [6.45, 7) is 8.29. The Morgan fingerprint density at radius 2 is 1.92 bits per heavy atom. The third-order valence-electron chi connectivity index (χ3n) is 4.44. The summed E-state index contributed by atoms with van der Waals surface area (Å²) in [6.07, 6.45) is 0.581. The number of amides is 3. The fourth-order valence-electron chi connectivity index (χ4n) is 3.23. The minimum atomic E-state index is -0.870. The van der Waals surface area contributed by atoms with E-state index in [0.29, 0.717) is 24.2 Å². The summed E-state index contributed by atoms with van der Waals surface area (Å²) in [5, 5.41) is 14.9. The van der Waals surface area contributed by atoms with Crippen molar-refractivity contribution in [3.8, 4) is 0 Å². The van der Waals surface area contributed by atoms with Crippen LogP contribution in [0.15, 0.2) is 18.2 Å². The summed E-state index contributed by atoms with van der Waals surface area (Å²) in [5.74, 6) is -1.41. The maximum Gasteiger partial charge on any atom is 0.321 e. The lowest BCUT2D eigenvalue weighted by atomic mass is 9.91. The normalized spacial score (nSPS) is 20.0. The second-order valence-electron chi connectivity index (χ2n) is 7.37. The van der Waals surface area contributed by atoms with Crippen LogP contribution in [0.25, 0.3) is 0 Å².